The van der Waals surface area contributed by atoms with E-state index in [1.54, 1.807) is 48.5 Å². The number of pyridine rings is 1. The highest BCUT2D eigenvalue weighted by molar-refractivity contribution is 6.06. The van der Waals surface area contributed by atoms with Crippen LogP contribution in [0.3, 0.4) is 0 Å². The molecule has 0 aliphatic carbocycles. The van der Waals surface area contributed by atoms with Crippen molar-refractivity contribution in [3.05, 3.63) is 42.1 Å². The topological polar surface area (TPSA) is 80.8 Å². The molecule has 7 heteroatoms. The fourth-order valence-electron chi connectivity index (χ4n) is 2.90. The summed E-state index contributed by atoms with van der Waals surface area (Å²) in [7, 11) is 1.56. The highest BCUT2D eigenvalue weighted by Gasteiger charge is 2.25. The van der Waals surface area contributed by atoms with Gasteiger partial charge in [-0.1, -0.05) is 0 Å². The van der Waals surface area contributed by atoms with Gasteiger partial charge in [0.05, 0.1) is 19.4 Å². The van der Waals surface area contributed by atoms with Crippen molar-refractivity contribution in [1.29, 1.82) is 0 Å². The summed E-state index contributed by atoms with van der Waals surface area (Å²) in [5, 5.41) is 2.83. The molecular formula is C19H21N3O4. The van der Waals surface area contributed by atoms with Gasteiger partial charge in [0.25, 0.3) is 5.91 Å². The highest BCUT2D eigenvalue weighted by atomic mass is 16.5. The fourth-order valence-corrected chi connectivity index (χ4v) is 2.90. The third kappa shape index (κ3) is 3.61. The number of ether oxygens (including phenoxy) is 2. The largest absolute Gasteiger partial charge is 0.495 e. The molecule has 1 N–H and O–H groups in total. The predicted molar refractivity (Wildman–Crippen MR) is 97.9 cm³/mol. The first-order valence-corrected chi connectivity index (χ1v) is 8.51. The van der Waals surface area contributed by atoms with E-state index in [1.165, 1.54) is 0 Å². The number of nitrogens with zero attached hydrogens (tertiary/aromatic N) is 2. The molecule has 1 aromatic heterocycles. The van der Waals surface area contributed by atoms with Crippen LogP contribution in [0.25, 0.3) is 0 Å². The highest BCUT2D eigenvalue weighted by Crippen LogP contribution is 2.34. The second-order valence-corrected chi connectivity index (χ2v) is 5.78. The van der Waals surface area contributed by atoms with Gasteiger partial charge in [0.15, 0.2) is 0 Å². The molecule has 1 saturated heterocycles. The van der Waals surface area contributed by atoms with Crippen LogP contribution < -0.4 is 19.7 Å². The van der Waals surface area contributed by atoms with Gasteiger partial charge in [0.2, 0.25) is 11.8 Å². The monoisotopic (exact) mass is 355 g/mol. The number of carbonyl (C=O) groups excluding carboxylic acids is 2. The van der Waals surface area contributed by atoms with Crippen molar-refractivity contribution >= 4 is 23.2 Å². The minimum Gasteiger partial charge on any atom is -0.495 e. The summed E-state index contributed by atoms with van der Waals surface area (Å²) in [6.45, 7) is 2.89. The van der Waals surface area contributed by atoms with Crippen LogP contribution in [0.15, 0.2) is 36.5 Å². The van der Waals surface area contributed by atoms with Crippen molar-refractivity contribution < 1.29 is 19.1 Å². The van der Waals surface area contributed by atoms with Crippen LogP contribution >= 0.6 is 0 Å². The molecule has 3 rings (SSSR count). The van der Waals surface area contributed by atoms with Gasteiger partial charge in [-0.2, -0.15) is 0 Å². The number of nitrogens with one attached hydrogen (secondary N) is 1. The van der Waals surface area contributed by atoms with Crippen molar-refractivity contribution in [2.75, 3.05) is 30.5 Å². The Kier molecular flexibility index (Phi) is 5.36. The lowest BCUT2D eigenvalue weighted by Crippen LogP contribution is -2.24. The normalized spacial score (nSPS) is 13.6. The molecule has 0 unspecified atom stereocenters. The molecule has 2 aromatic rings. The van der Waals surface area contributed by atoms with Gasteiger partial charge in [-0.25, -0.2) is 4.98 Å². The summed E-state index contributed by atoms with van der Waals surface area (Å²) in [6, 6.07) is 8.55. The van der Waals surface area contributed by atoms with Crippen LogP contribution in [0.1, 0.15) is 30.1 Å². The molecule has 7 nitrogen and oxygen atoms in total. The Hall–Kier alpha value is -3.09. The van der Waals surface area contributed by atoms with Crippen LogP contribution in [0.4, 0.5) is 11.4 Å². The molecule has 1 aromatic carbocycles. The molecule has 1 fully saturated rings. The Labute approximate surface area is 151 Å². The maximum Gasteiger partial charge on any atom is 0.261 e. The molecule has 1 aliphatic rings. The quantitative estimate of drug-likeness (QED) is 0.862. The van der Waals surface area contributed by atoms with Gasteiger partial charge in [-0.05, 0) is 43.7 Å². The molecule has 0 atom stereocenters. The van der Waals surface area contributed by atoms with Crippen LogP contribution in [0.2, 0.25) is 0 Å². The van der Waals surface area contributed by atoms with Crippen molar-refractivity contribution in [3.8, 4) is 11.6 Å². The van der Waals surface area contributed by atoms with Crippen LogP contribution in [0, 0.1) is 0 Å². The Bertz CT molecular complexity index is 822. The number of methoxy groups -OCH3 is 1. The van der Waals surface area contributed by atoms with Gasteiger partial charge in [-0.3, -0.25) is 9.59 Å². The summed E-state index contributed by atoms with van der Waals surface area (Å²) in [4.78, 5) is 30.5. The molecule has 0 bridgehead atoms. The molecule has 136 valence electrons. The third-order valence-electron chi connectivity index (χ3n) is 4.10. The number of hydrogen-bond acceptors (Lipinski definition) is 5. The molecule has 2 amide bonds. The third-order valence-corrected chi connectivity index (χ3v) is 4.10. The summed E-state index contributed by atoms with van der Waals surface area (Å²) < 4.78 is 10.8. The lowest BCUT2D eigenvalue weighted by atomic mass is 10.2. The number of carbonyl (C=O) groups is 2. The van der Waals surface area contributed by atoms with E-state index in [2.05, 4.69) is 10.3 Å². The van der Waals surface area contributed by atoms with E-state index in [4.69, 9.17) is 9.47 Å². The first kappa shape index (κ1) is 17.7. The van der Waals surface area contributed by atoms with E-state index < -0.39 is 0 Å². The second-order valence-electron chi connectivity index (χ2n) is 5.78. The number of rotatable bonds is 6. The van der Waals surface area contributed by atoms with E-state index in [1.807, 2.05) is 6.92 Å². The van der Waals surface area contributed by atoms with Crippen molar-refractivity contribution in [3.63, 3.8) is 0 Å². The zero-order chi connectivity index (χ0) is 18.5. The maximum atomic E-state index is 12.6. The molecule has 1 aliphatic heterocycles. The molecule has 26 heavy (non-hydrogen) atoms. The Balaban J connectivity index is 1.86. The van der Waals surface area contributed by atoms with E-state index in [9.17, 15) is 9.59 Å². The predicted octanol–water partition coefficient (Wildman–Crippen LogP) is 2.87. The molecular weight excluding hydrogens is 334 g/mol. The van der Waals surface area contributed by atoms with Crippen molar-refractivity contribution in [2.24, 2.45) is 0 Å². The minimum absolute atomic E-state index is 0.0534. The SMILES string of the molecule is CCOc1ncccc1C(=O)Nc1ccc(OC)c(N2CCCC2=O)c1. The lowest BCUT2D eigenvalue weighted by molar-refractivity contribution is -0.117. The summed E-state index contributed by atoms with van der Waals surface area (Å²) >= 11 is 0. The summed E-state index contributed by atoms with van der Waals surface area (Å²) in [5.74, 6) is 0.605. The van der Waals surface area contributed by atoms with Crippen molar-refractivity contribution in [1.82, 2.24) is 4.98 Å². The first-order valence-electron chi connectivity index (χ1n) is 8.51. The molecule has 0 saturated carbocycles. The second kappa shape index (κ2) is 7.86. The van der Waals surface area contributed by atoms with Gasteiger partial charge in [-0.15, -0.1) is 0 Å². The van der Waals surface area contributed by atoms with Gasteiger partial charge in [0, 0.05) is 24.8 Å². The molecule has 2 heterocycles. The zero-order valence-electron chi connectivity index (χ0n) is 14.8. The zero-order valence-corrected chi connectivity index (χ0v) is 14.8. The van der Waals surface area contributed by atoms with Crippen LogP contribution in [0.5, 0.6) is 11.6 Å². The molecule has 0 spiro atoms. The number of aromatic nitrogens is 1. The van der Waals surface area contributed by atoms with E-state index in [0.29, 0.717) is 42.3 Å². The van der Waals surface area contributed by atoms with E-state index in [-0.39, 0.29) is 17.7 Å². The Morgan fingerprint density at radius 1 is 1.35 bits per heavy atom. The number of benzene rings is 1. The average Bonchev–Trinajstić information content (AvgIpc) is 3.08. The lowest BCUT2D eigenvalue weighted by Gasteiger charge is -2.20. The Morgan fingerprint density at radius 2 is 2.19 bits per heavy atom. The summed E-state index contributed by atoms with van der Waals surface area (Å²) in [6.07, 6.45) is 2.91. The minimum atomic E-state index is -0.328. The van der Waals surface area contributed by atoms with Crippen molar-refractivity contribution in [2.45, 2.75) is 19.8 Å². The average molecular weight is 355 g/mol. The first-order chi connectivity index (χ1) is 12.6. The Morgan fingerprint density at radius 3 is 2.88 bits per heavy atom. The standard InChI is InChI=1S/C19H21N3O4/c1-3-26-19-14(6-4-10-20-19)18(24)21-13-8-9-16(25-2)15(12-13)22-11-5-7-17(22)23/h4,6,8-10,12H,3,5,7,11H2,1-2H3,(H,21,24). The smallest absolute Gasteiger partial charge is 0.261 e. The summed E-state index contributed by atoms with van der Waals surface area (Å²) in [5.41, 5.74) is 1.57. The number of anilines is 2. The number of amides is 2. The fraction of sp³-hybridized carbons (Fsp3) is 0.316. The maximum absolute atomic E-state index is 12.6. The van der Waals surface area contributed by atoms with Gasteiger partial charge < -0.3 is 19.7 Å². The number of hydrogen-bond donors (Lipinski definition) is 1. The van der Waals surface area contributed by atoms with Gasteiger partial charge >= 0.3 is 0 Å². The van der Waals surface area contributed by atoms with Gasteiger partial charge in [0.1, 0.15) is 11.3 Å². The van der Waals surface area contributed by atoms with Crippen LogP contribution in [-0.4, -0.2) is 37.1 Å². The molecule has 0 radical (unpaired) electrons. The van der Waals surface area contributed by atoms with Crippen LogP contribution in [-0.2, 0) is 4.79 Å². The van der Waals surface area contributed by atoms with E-state index in [0.717, 1.165) is 6.42 Å². The van der Waals surface area contributed by atoms with E-state index >= 15 is 0 Å².